The first kappa shape index (κ1) is 13.8. The molecule has 17 heavy (non-hydrogen) atoms. The summed E-state index contributed by atoms with van der Waals surface area (Å²) >= 11 is 0. The minimum absolute atomic E-state index is 0.419. The van der Waals surface area contributed by atoms with E-state index in [1.165, 1.54) is 12.0 Å². The van der Waals surface area contributed by atoms with Crippen molar-refractivity contribution in [3.05, 3.63) is 35.4 Å². The van der Waals surface area contributed by atoms with Crippen molar-refractivity contribution >= 4 is 0 Å². The highest BCUT2D eigenvalue weighted by Crippen LogP contribution is 2.07. The highest BCUT2D eigenvalue weighted by atomic mass is 15.1. The molecule has 0 aliphatic carbocycles. The van der Waals surface area contributed by atoms with Crippen molar-refractivity contribution in [3.8, 4) is 11.8 Å². The van der Waals surface area contributed by atoms with E-state index in [-0.39, 0.29) is 0 Å². The van der Waals surface area contributed by atoms with Gasteiger partial charge in [0.05, 0.1) is 6.54 Å². The summed E-state index contributed by atoms with van der Waals surface area (Å²) in [4.78, 5) is 2.45. The van der Waals surface area contributed by atoms with Gasteiger partial charge in [-0.1, -0.05) is 37.8 Å². The third kappa shape index (κ3) is 5.04. The maximum atomic E-state index is 5.34. The van der Waals surface area contributed by atoms with E-state index in [2.05, 4.69) is 54.9 Å². The van der Waals surface area contributed by atoms with Crippen LogP contribution in [0.15, 0.2) is 24.3 Å². The van der Waals surface area contributed by atoms with Gasteiger partial charge in [-0.3, -0.25) is 4.90 Å². The molecular weight excluding hydrogens is 208 g/mol. The van der Waals surface area contributed by atoms with Gasteiger partial charge in [-0.15, -0.1) is 0 Å². The molecule has 0 radical (unpaired) electrons. The van der Waals surface area contributed by atoms with Crippen LogP contribution in [-0.2, 0) is 6.54 Å². The van der Waals surface area contributed by atoms with E-state index in [0.717, 1.165) is 25.2 Å². The molecule has 1 aromatic rings. The fourth-order valence-corrected chi connectivity index (χ4v) is 1.77. The summed E-state index contributed by atoms with van der Waals surface area (Å²) in [5, 5.41) is 0. The lowest BCUT2D eigenvalue weighted by Crippen LogP contribution is -2.23. The molecule has 0 spiro atoms. The second kappa shape index (κ2) is 7.89. The van der Waals surface area contributed by atoms with Crippen LogP contribution in [0.25, 0.3) is 0 Å². The van der Waals surface area contributed by atoms with Gasteiger partial charge in [0.25, 0.3) is 0 Å². The van der Waals surface area contributed by atoms with Gasteiger partial charge in [-0.25, -0.2) is 0 Å². The average molecular weight is 230 g/mol. The first-order valence-electron chi connectivity index (χ1n) is 6.30. The highest BCUT2D eigenvalue weighted by Gasteiger charge is 2.01. The molecule has 0 saturated heterocycles. The number of rotatable bonds is 5. The summed E-state index contributed by atoms with van der Waals surface area (Å²) < 4.78 is 0. The summed E-state index contributed by atoms with van der Waals surface area (Å²) in [5.41, 5.74) is 7.73. The van der Waals surface area contributed by atoms with Gasteiger partial charge in [-0.05, 0) is 37.2 Å². The topological polar surface area (TPSA) is 29.3 Å². The Hall–Kier alpha value is -1.30. The van der Waals surface area contributed by atoms with Crippen molar-refractivity contribution in [1.29, 1.82) is 0 Å². The Morgan fingerprint density at radius 3 is 2.41 bits per heavy atom. The predicted molar refractivity (Wildman–Crippen MR) is 73.6 cm³/mol. The summed E-state index contributed by atoms with van der Waals surface area (Å²) in [6.45, 7) is 8.12. The van der Waals surface area contributed by atoms with Gasteiger partial charge in [0, 0.05) is 12.1 Å². The molecule has 0 amide bonds. The third-order valence-electron chi connectivity index (χ3n) is 2.68. The largest absolute Gasteiger partial charge is 0.320 e. The molecule has 0 heterocycles. The van der Waals surface area contributed by atoms with E-state index in [0.29, 0.717) is 6.54 Å². The molecule has 92 valence electrons. The summed E-state index contributed by atoms with van der Waals surface area (Å²) in [7, 11) is 0. The van der Waals surface area contributed by atoms with E-state index >= 15 is 0 Å². The molecule has 0 unspecified atom stereocenters. The van der Waals surface area contributed by atoms with Crippen molar-refractivity contribution in [2.45, 2.75) is 26.8 Å². The summed E-state index contributed by atoms with van der Waals surface area (Å²) in [5.74, 6) is 5.90. The lowest BCUT2D eigenvalue weighted by atomic mass is 10.1. The zero-order chi connectivity index (χ0) is 12.5. The number of hydrogen-bond acceptors (Lipinski definition) is 2. The normalized spacial score (nSPS) is 10.1. The minimum Gasteiger partial charge on any atom is -0.320 e. The molecule has 2 heteroatoms. The van der Waals surface area contributed by atoms with Crippen LogP contribution in [-0.4, -0.2) is 24.5 Å². The summed E-state index contributed by atoms with van der Waals surface area (Å²) in [6.07, 6.45) is 1.20. The molecule has 2 N–H and O–H groups in total. The van der Waals surface area contributed by atoms with Crippen LogP contribution in [0.3, 0.4) is 0 Å². The van der Waals surface area contributed by atoms with Gasteiger partial charge >= 0.3 is 0 Å². The number of hydrogen-bond donors (Lipinski definition) is 1. The van der Waals surface area contributed by atoms with Crippen LogP contribution in [0, 0.1) is 11.8 Å². The first-order valence-corrected chi connectivity index (χ1v) is 6.30. The number of benzene rings is 1. The molecule has 0 aliphatic heterocycles. The van der Waals surface area contributed by atoms with Crippen molar-refractivity contribution < 1.29 is 0 Å². The molecule has 0 saturated carbocycles. The zero-order valence-electron chi connectivity index (χ0n) is 10.9. The second-order valence-corrected chi connectivity index (χ2v) is 4.07. The van der Waals surface area contributed by atoms with Gasteiger partial charge in [0.1, 0.15) is 0 Å². The van der Waals surface area contributed by atoms with Crippen molar-refractivity contribution in [1.82, 2.24) is 4.90 Å². The quantitative estimate of drug-likeness (QED) is 0.786. The van der Waals surface area contributed by atoms with Crippen molar-refractivity contribution in [3.63, 3.8) is 0 Å². The van der Waals surface area contributed by atoms with Crippen LogP contribution in [0.4, 0.5) is 0 Å². The maximum Gasteiger partial charge on any atom is 0.0555 e. The Labute approximate surface area is 105 Å². The lowest BCUT2D eigenvalue weighted by molar-refractivity contribution is 0.280. The van der Waals surface area contributed by atoms with E-state index in [4.69, 9.17) is 5.73 Å². The van der Waals surface area contributed by atoms with Crippen molar-refractivity contribution in [2.24, 2.45) is 5.73 Å². The van der Waals surface area contributed by atoms with E-state index < -0.39 is 0 Å². The Morgan fingerprint density at radius 2 is 1.88 bits per heavy atom. The fourth-order valence-electron chi connectivity index (χ4n) is 1.77. The first-order chi connectivity index (χ1) is 8.30. The Morgan fingerprint density at radius 1 is 1.18 bits per heavy atom. The monoisotopic (exact) mass is 230 g/mol. The molecule has 0 bridgehead atoms. The number of nitrogens with zero attached hydrogens (tertiary/aromatic N) is 1. The van der Waals surface area contributed by atoms with Crippen LogP contribution in [0.1, 0.15) is 31.4 Å². The predicted octanol–water partition coefficient (Wildman–Crippen LogP) is 2.23. The van der Waals surface area contributed by atoms with Gasteiger partial charge in [0.15, 0.2) is 0 Å². The molecule has 1 rings (SSSR count). The second-order valence-electron chi connectivity index (χ2n) is 4.07. The smallest absolute Gasteiger partial charge is 0.0555 e. The minimum atomic E-state index is 0.419. The summed E-state index contributed by atoms with van der Waals surface area (Å²) in [6, 6.07) is 8.44. The zero-order valence-corrected chi connectivity index (χ0v) is 10.9. The molecular formula is C15H22N2. The Bertz CT molecular complexity index is 370. The van der Waals surface area contributed by atoms with Gasteiger partial charge < -0.3 is 5.73 Å². The molecule has 0 aromatic heterocycles. The van der Waals surface area contributed by atoms with E-state index in [9.17, 15) is 0 Å². The average Bonchev–Trinajstić information content (AvgIpc) is 2.37. The SMILES string of the molecule is CCCN(CC)Cc1ccc(C#CCN)cc1. The van der Waals surface area contributed by atoms with Gasteiger partial charge in [-0.2, -0.15) is 0 Å². The van der Waals surface area contributed by atoms with Crippen LogP contribution in [0.5, 0.6) is 0 Å². The fraction of sp³-hybridized carbons (Fsp3) is 0.467. The molecule has 0 aliphatic rings. The lowest BCUT2D eigenvalue weighted by Gasteiger charge is -2.19. The molecule has 0 atom stereocenters. The van der Waals surface area contributed by atoms with E-state index in [1.54, 1.807) is 0 Å². The molecule has 0 fully saturated rings. The van der Waals surface area contributed by atoms with E-state index in [1.807, 2.05) is 0 Å². The van der Waals surface area contributed by atoms with Crippen molar-refractivity contribution in [2.75, 3.05) is 19.6 Å². The van der Waals surface area contributed by atoms with Crippen LogP contribution in [0.2, 0.25) is 0 Å². The maximum absolute atomic E-state index is 5.34. The van der Waals surface area contributed by atoms with Gasteiger partial charge in [0.2, 0.25) is 0 Å². The Balaban J connectivity index is 2.61. The number of nitrogens with two attached hydrogens (primary N) is 1. The third-order valence-corrected chi connectivity index (χ3v) is 2.68. The van der Waals surface area contributed by atoms with Crippen LogP contribution < -0.4 is 5.73 Å². The molecule has 2 nitrogen and oxygen atoms in total. The Kier molecular flexibility index (Phi) is 6.39. The highest BCUT2D eigenvalue weighted by molar-refractivity contribution is 5.36. The standard InChI is InChI=1S/C15H22N2/c1-3-12-17(4-2)13-15-9-7-14(8-10-15)6-5-11-16/h7-10H,3-4,11-13,16H2,1-2H3. The molecule has 1 aromatic carbocycles. The van der Waals surface area contributed by atoms with Crippen LogP contribution >= 0.6 is 0 Å².